The molecule has 0 aliphatic carbocycles. The predicted molar refractivity (Wildman–Crippen MR) is 98.6 cm³/mol. The number of amides is 1. The van der Waals surface area contributed by atoms with Crippen LogP contribution in [0.5, 0.6) is 5.75 Å². The molecule has 1 amide bonds. The first-order chi connectivity index (χ1) is 14.1. The van der Waals surface area contributed by atoms with E-state index in [0.717, 1.165) is 6.07 Å². The molecule has 1 aliphatic heterocycles. The molecule has 0 bridgehead atoms. The quantitative estimate of drug-likeness (QED) is 0.711. The fourth-order valence-electron chi connectivity index (χ4n) is 3.15. The number of methoxy groups -OCH3 is 1. The number of rotatable bonds is 5. The number of ether oxygens (including phenoxy) is 1. The molecule has 0 saturated carbocycles. The second-order valence-electron chi connectivity index (χ2n) is 6.61. The van der Waals surface area contributed by atoms with Gasteiger partial charge in [0, 0.05) is 24.1 Å². The van der Waals surface area contributed by atoms with Crippen molar-refractivity contribution in [1.82, 2.24) is 4.98 Å². The van der Waals surface area contributed by atoms with Gasteiger partial charge in [0.1, 0.15) is 17.3 Å². The molecule has 0 unspecified atom stereocenters. The minimum atomic E-state index is -4.06. The summed E-state index contributed by atoms with van der Waals surface area (Å²) < 4.78 is 76.5. The summed E-state index contributed by atoms with van der Waals surface area (Å²) in [6.45, 7) is 0. The lowest BCUT2D eigenvalue weighted by Crippen LogP contribution is -2.54. The Kier molecular flexibility index (Phi) is 5.64. The van der Waals surface area contributed by atoms with Gasteiger partial charge in [-0.1, -0.05) is 0 Å². The number of hydrogen-bond acceptors (Lipinski definition) is 5. The predicted octanol–water partition coefficient (Wildman–Crippen LogP) is 3.73. The zero-order chi connectivity index (χ0) is 22.1. The van der Waals surface area contributed by atoms with Crippen LogP contribution >= 0.6 is 0 Å². The largest absolute Gasteiger partial charge is 0.495 e. The van der Waals surface area contributed by atoms with Crippen LogP contribution in [0, 0.1) is 5.82 Å². The number of nitrogens with zero attached hydrogens (tertiary/aromatic N) is 2. The first-order valence-electron chi connectivity index (χ1n) is 8.72. The number of nitrogens with two attached hydrogens (primary N) is 1. The van der Waals surface area contributed by atoms with E-state index >= 15 is 0 Å². The molecule has 0 spiro atoms. The second-order valence-corrected chi connectivity index (χ2v) is 6.61. The number of nitrogens with one attached hydrogen (secondary N) is 1. The molecule has 160 valence electrons. The highest BCUT2D eigenvalue weighted by molar-refractivity contribution is 6.02. The standard InChI is InChI=1S/C19H17F5N4O2/c1-30-11-3-5-14(26-9-11)16(29)27-10-2-4-13(20)12(8-10)19(17(21)22)18(23,24)7-6-15(25)28-19/h2-5,8-9,17H,6-7H2,1H3,(H2,25,28)(H,27,29)/t19-/m0/s1. The number of aromatic nitrogens is 1. The highest BCUT2D eigenvalue weighted by Crippen LogP contribution is 2.51. The van der Waals surface area contributed by atoms with Crippen LogP contribution in [0.4, 0.5) is 27.6 Å². The molecule has 2 aromatic rings. The Balaban J connectivity index is 2.01. The van der Waals surface area contributed by atoms with E-state index in [-0.39, 0.29) is 11.4 Å². The first kappa shape index (κ1) is 21.5. The lowest BCUT2D eigenvalue weighted by molar-refractivity contribution is -0.145. The van der Waals surface area contributed by atoms with Gasteiger partial charge in [-0.05, 0) is 30.3 Å². The van der Waals surface area contributed by atoms with Crippen molar-refractivity contribution in [1.29, 1.82) is 0 Å². The van der Waals surface area contributed by atoms with Crippen molar-refractivity contribution in [2.24, 2.45) is 10.7 Å². The zero-order valence-corrected chi connectivity index (χ0v) is 15.6. The van der Waals surface area contributed by atoms with Crippen molar-refractivity contribution in [2.45, 2.75) is 30.7 Å². The van der Waals surface area contributed by atoms with Crippen molar-refractivity contribution < 1.29 is 31.5 Å². The van der Waals surface area contributed by atoms with E-state index < -0.39 is 53.9 Å². The van der Waals surface area contributed by atoms with E-state index in [9.17, 15) is 26.7 Å². The average molecular weight is 428 g/mol. The fraction of sp³-hybridized carbons (Fsp3) is 0.316. The molecule has 0 radical (unpaired) electrons. The normalized spacial score (nSPS) is 20.6. The molecular formula is C19H17F5N4O2. The molecule has 0 fully saturated rings. The number of alkyl halides is 4. The molecule has 2 heterocycles. The third kappa shape index (κ3) is 3.66. The Morgan fingerprint density at radius 3 is 2.60 bits per heavy atom. The van der Waals surface area contributed by atoms with Gasteiger partial charge >= 0.3 is 0 Å². The maximum absolute atomic E-state index is 14.6. The summed E-state index contributed by atoms with van der Waals surface area (Å²) in [4.78, 5) is 19.5. The molecule has 6 nitrogen and oxygen atoms in total. The third-order valence-electron chi connectivity index (χ3n) is 4.73. The number of pyridine rings is 1. The molecule has 30 heavy (non-hydrogen) atoms. The molecule has 1 atom stereocenters. The minimum absolute atomic E-state index is 0.0597. The van der Waals surface area contributed by atoms with Gasteiger partial charge in [-0.15, -0.1) is 0 Å². The van der Waals surface area contributed by atoms with E-state index in [1.54, 1.807) is 0 Å². The van der Waals surface area contributed by atoms with Gasteiger partial charge in [0.2, 0.25) is 5.54 Å². The van der Waals surface area contributed by atoms with Crippen LogP contribution in [0.25, 0.3) is 0 Å². The molecule has 1 aromatic heterocycles. The summed E-state index contributed by atoms with van der Waals surface area (Å²) in [6, 6.07) is 5.25. The fourth-order valence-corrected chi connectivity index (χ4v) is 3.15. The lowest BCUT2D eigenvalue weighted by atomic mass is 9.79. The van der Waals surface area contributed by atoms with Gasteiger partial charge < -0.3 is 15.8 Å². The number of anilines is 1. The zero-order valence-electron chi connectivity index (χ0n) is 15.6. The Morgan fingerprint density at radius 2 is 2.00 bits per heavy atom. The average Bonchev–Trinajstić information content (AvgIpc) is 2.71. The van der Waals surface area contributed by atoms with Crippen LogP contribution in [0.2, 0.25) is 0 Å². The summed E-state index contributed by atoms with van der Waals surface area (Å²) in [7, 11) is 1.41. The monoisotopic (exact) mass is 428 g/mol. The Bertz CT molecular complexity index is 981. The SMILES string of the molecule is COc1ccc(C(=O)Nc2ccc(F)c([C@@]3(C(F)F)N=C(N)CCC3(F)F)c2)nc1. The summed E-state index contributed by atoms with van der Waals surface area (Å²) in [5.74, 6) is -6.19. The number of aliphatic imine (C=N–C) groups is 1. The summed E-state index contributed by atoms with van der Waals surface area (Å²) >= 11 is 0. The van der Waals surface area contributed by atoms with Crippen molar-refractivity contribution in [3.8, 4) is 5.75 Å². The number of benzene rings is 1. The van der Waals surface area contributed by atoms with Crippen molar-refractivity contribution in [2.75, 3.05) is 12.4 Å². The molecule has 3 N–H and O–H groups in total. The van der Waals surface area contributed by atoms with E-state index in [1.165, 1.54) is 25.4 Å². The smallest absolute Gasteiger partial charge is 0.283 e. The number of amidine groups is 1. The summed E-state index contributed by atoms with van der Waals surface area (Å²) in [5, 5.41) is 2.32. The first-order valence-corrected chi connectivity index (χ1v) is 8.72. The van der Waals surface area contributed by atoms with E-state index in [2.05, 4.69) is 15.3 Å². The molecule has 3 rings (SSSR count). The Labute approximate surface area is 168 Å². The van der Waals surface area contributed by atoms with Gasteiger partial charge in [0.15, 0.2) is 0 Å². The number of carbonyl (C=O) groups excluding carboxylic acids is 1. The van der Waals surface area contributed by atoms with Crippen LogP contribution in [-0.4, -0.2) is 36.2 Å². The number of hydrogen-bond donors (Lipinski definition) is 2. The van der Waals surface area contributed by atoms with Crippen LogP contribution in [0.3, 0.4) is 0 Å². The van der Waals surface area contributed by atoms with Gasteiger partial charge in [-0.2, -0.15) is 0 Å². The third-order valence-corrected chi connectivity index (χ3v) is 4.73. The van der Waals surface area contributed by atoms with Gasteiger partial charge in [-0.25, -0.2) is 31.9 Å². The Morgan fingerprint density at radius 1 is 1.27 bits per heavy atom. The lowest BCUT2D eigenvalue weighted by Gasteiger charge is -2.40. The van der Waals surface area contributed by atoms with Crippen LogP contribution in [0.15, 0.2) is 41.5 Å². The van der Waals surface area contributed by atoms with E-state index in [1.807, 2.05) is 0 Å². The second kappa shape index (κ2) is 7.88. The molecule has 1 aliphatic rings. The molecular weight excluding hydrogens is 411 g/mol. The van der Waals surface area contributed by atoms with E-state index in [0.29, 0.717) is 17.9 Å². The topological polar surface area (TPSA) is 89.6 Å². The minimum Gasteiger partial charge on any atom is -0.495 e. The highest BCUT2D eigenvalue weighted by atomic mass is 19.3. The van der Waals surface area contributed by atoms with Gasteiger partial charge in [0.05, 0.1) is 19.1 Å². The van der Waals surface area contributed by atoms with Gasteiger partial charge in [0.25, 0.3) is 18.3 Å². The maximum Gasteiger partial charge on any atom is 0.283 e. The molecule has 11 heteroatoms. The molecule has 0 saturated heterocycles. The van der Waals surface area contributed by atoms with Crippen molar-refractivity contribution in [3.05, 3.63) is 53.6 Å². The summed E-state index contributed by atoms with van der Waals surface area (Å²) in [6.07, 6.45) is -3.90. The van der Waals surface area contributed by atoms with E-state index in [4.69, 9.17) is 10.5 Å². The maximum atomic E-state index is 14.6. The highest BCUT2D eigenvalue weighted by Gasteiger charge is 2.63. The Hall–Kier alpha value is -3.24. The van der Waals surface area contributed by atoms with Crippen LogP contribution < -0.4 is 15.8 Å². The summed E-state index contributed by atoms with van der Waals surface area (Å²) in [5.41, 5.74) is 0.632. The number of halogens is 5. The van der Waals surface area contributed by atoms with Crippen molar-refractivity contribution >= 4 is 17.4 Å². The molecule has 1 aromatic carbocycles. The van der Waals surface area contributed by atoms with Crippen LogP contribution in [0.1, 0.15) is 28.9 Å². The van der Waals surface area contributed by atoms with Crippen LogP contribution in [-0.2, 0) is 5.54 Å². The van der Waals surface area contributed by atoms with Crippen molar-refractivity contribution in [3.63, 3.8) is 0 Å². The number of carbonyl (C=O) groups is 1. The van der Waals surface area contributed by atoms with Gasteiger partial charge in [-0.3, -0.25) is 4.79 Å².